The minimum Gasteiger partial charge on any atom is -0.619 e. The van der Waals surface area contributed by atoms with Crippen molar-refractivity contribution in [1.29, 1.82) is 0 Å². The second-order valence-electron chi connectivity index (χ2n) is 6.20. The average Bonchev–Trinajstić information content (AvgIpc) is 2.88. The van der Waals surface area contributed by atoms with E-state index >= 15 is 0 Å². The molecule has 24 heavy (non-hydrogen) atoms. The predicted octanol–water partition coefficient (Wildman–Crippen LogP) is 3.92. The number of nitrogens with one attached hydrogen (secondary N) is 1. The van der Waals surface area contributed by atoms with E-state index in [1.807, 2.05) is 11.0 Å². The van der Waals surface area contributed by atoms with Crippen molar-refractivity contribution in [3.8, 4) is 0 Å². The summed E-state index contributed by atoms with van der Waals surface area (Å²) in [6, 6.07) is 6.80. The summed E-state index contributed by atoms with van der Waals surface area (Å²) >= 11 is 11.9. The number of benzene rings is 1. The summed E-state index contributed by atoms with van der Waals surface area (Å²) < 4.78 is 0.798. The molecule has 5 nitrogen and oxygen atoms in total. The van der Waals surface area contributed by atoms with Gasteiger partial charge in [0, 0.05) is 23.4 Å². The van der Waals surface area contributed by atoms with Gasteiger partial charge in [-0.2, -0.15) is 4.73 Å². The number of pyridine rings is 1. The van der Waals surface area contributed by atoms with Crippen LogP contribution in [0.2, 0.25) is 10.0 Å². The van der Waals surface area contributed by atoms with Gasteiger partial charge in [-0.1, -0.05) is 23.2 Å². The number of nitrogens with zero attached hydrogens (tertiary/aromatic N) is 2. The molecule has 7 heteroatoms. The number of fused-ring (bicyclic) bond motifs is 4. The molecule has 4 rings (SSSR count). The first-order chi connectivity index (χ1) is 11.5. The number of hydrogen-bond acceptors (Lipinski definition) is 2. The molecule has 1 saturated heterocycles. The van der Waals surface area contributed by atoms with Crippen molar-refractivity contribution < 1.29 is 9.52 Å². The standard InChI is InChI=1S/C17H15Cl2N3O2/c18-14-3-1-11(8-15(14)19)20-17(23)22-12-2-4-16(22)13-9-21(24)6-5-10(13)7-12/h1,3,5-6,8-9,12,16H,2,4,7H2,(H,20,23)/t12-,16+/m1/s1. The Bertz CT molecular complexity index is 827. The Morgan fingerprint density at radius 2 is 2.08 bits per heavy atom. The molecule has 0 saturated carbocycles. The Hall–Kier alpha value is -1.98. The van der Waals surface area contributed by atoms with Gasteiger partial charge in [0.1, 0.15) is 0 Å². The van der Waals surface area contributed by atoms with E-state index in [9.17, 15) is 10.0 Å². The molecule has 0 radical (unpaired) electrons. The van der Waals surface area contributed by atoms with Crippen LogP contribution in [0.5, 0.6) is 0 Å². The number of hydrogen-bond donors (Lipinski definition) is 1. The maximum Gasteiger partial charge on any atom is 0.322 e. The van der Waals surface area contributed by atoms with Crippen molar-refractivity contribution >= 4 is 34.9 Å². The minimum atomic E-state index is -0.173. The normalized spacial score (nSPS) is 21.5. The van der Waals surface area contributed by atoms with Crippen LogP contribution in [0.15, 0.2) is 36.7 Å². The number of rotatable bonds is 1. The van der Waals surface area contributed by atoms with Gasteiger partial charge in [0.25, 0.3) is 0 Å². The molecule has 2 aliphatic heterocycles. The van der Waals surface area contributed by atoms with Crippen molar-refractivity contribution in [2.45, 2.75) is 31.3 Å². The molecule has 1 N–H and O–H groups in total. The van der Waals surface area contributed by atoms with Crippen LogP contribution in [-0.4, -0.2) is 17.0 Å². The van der Waals surface area contributed by atoms with Crippen molar-refractivity contribution in [2.24, 2.45) is 0 Å². The highest BCUT2D eigenvalue weighted by atomic mass is 35.5. The highest BCUT2D eigenvalue weighted by molar-refractivity contribution is 6.42. The van der Waals surface area contributed by atoms with Gasteiger partial charge < -0.3 is 15.4 Å². The van der Waals surface area contributed by atoms with Gasteiger partial charge in [-0.3, -0.25) is 0 Å². The number of halogens is 2. The fourth-order valence-electron chi connectivity index (χ4n) is 3.72. The van der Waals surface area contributed by atoms with Crippen molar-refractivity contribution in [3.63, 3.8) is 0 Å². The molecule has 2 atom stereocenters. The monoisotopic (exact) mass is 363 g/mol. The fourth-order valence-corrected chi connectivity index (χ4v) is 4.02. The van der Waals surface area contributed by atoms with E-state index in [1.165, 1.54) is 6.20 Å². The Balaban J connectivity index is 1.60. The lowest BCUT2D eigenvalue weighted by Gasteiger charge is -2.35. The number of carbonyl (C=O) groups excluding carboxylic acids is 1. The molecule has 2 aromatic rings. The van der Waals surface area contributed by atoms with Crippen LogP contribution in [0, 0.1) is 5.21 Å². The van der Waals surface area contributed by atoms with Crippen LogP contribution < -0.4 is 10.0 Å². The summed E-state index contributed by atoms with van der Waals surface area (Å²) in [7, 11) is 0. The van der Waals surface area contributed by atoms with Crippen molar-refractivity contribution in [3.05, 3.63) is 63.0 Å². The van der Waals surface area contributed by atoms with Crippen molar-refractivity contribution in [1.82, 2.24) is 4.90 Å². The second-order valence-corrected chi connectivity index (χ2v) is 7.02. The molecule has 2 aliphatic rings. The van der Waals surface area contributed by atoms with E-state index in [2.05, 4.69) is 5.32 Å². The molecular formula is C17H15Cl2N3O2. The zero-order valence-electron chi connectivity index (χ0n) is 12.7. The van der Waals surface area contributed by atoms with Gasteiger partial charge in [-0.05, 0) is 43.0 Å². The van der Waals surface area contributed by atoms with Crippen molar-refractivity contribution in [2.75, 3.05) is 5.32 Å². The molecule has 0 spiro atoms. The van der Waals surface area contributed by atoms with E-state index < -0.39 is 0 Å². The fraction of sp³-hybridized carbons (Fsp3) is 0.294. The maximum atomic E-state index is 12.8. The third kappa shape index (κ3) is 2.58. The highest BCUT2D eigenvalue weighted by Gasteiger charge is 2.43. The molecule has 0 unspecified atom stereocenters. The Kier molecular flexibility index (Phi) is 3.77. The van der Waals surface area contributed by atoms with Crippen LogP contribution in [-0.2, 0) is 6.42 Å². The first kappa shape index (κ1) is 15.5. The van der Waals surface area contributed by atoms with Crippen LogP contribution in [0.1, 0.15) is 30.0 Å². The smallest absolute Gasteiger partial charge is 0.322 e. The lowest BCUT2D eigenvalue weighted by Crippen LogP contribution is -2.45. The third-order valence-electron chi connectivity index (χ3n) is 4.78. The third-order valence-corrected chi connectivity index (χ3v) is 5.52. The summed E-state index contributed by atoms with van der Waals surface area (Å²) in [6.07, 6.45) is 5.69. The molecule has 1 aromatic carbocycles. The molecule has 3 heterocycles. The van der Waals surface area contributed by atoms with Crippen LogP contribution in [0.4, 0.5) is 10.5 Å². The van der Waals surface area contributed by atoms with Gasteiger partial charge >= 0.3 is 6.03 Å². The first-order valence-electron chi connectivity index (χ1n) is 7.79. The quantitative estimate of drug-likeness (QED) is 0.616. The molecule has 124 valence electrons. The molecule has 0 aliphatic carbocycles. The second kappa shape index (κ2) is 5.83. The minimum absolute atomic E-state index is 0.0528. The van der Waals surface area contributed by atoms with Gasteiger partial charge in [0.15, 0.2) is 12.4 Å². The number of urea groups is 1. The lowest BCUT2D eigenvalue weighted by atomic mass is 9.95. The zero-order valence-corrected chi connectivity index (χ0v) is 14.2. The van der Waals surface area contributed by atoms with Crippen LogP contribution in [0.25, 0.3) is 0 Å². The number of anilines is 1. The topological polar surface area (TPSA) is 59.3 Å². The summed E-state index contributed by atoms with van der Waals surface area (Å²) in [5.74, 6) is 0. The average molecular weight is 364 g/mol. The predicted molar refractivity (Wildman–Crippen MR) is 92.2 cm³/mol. The Labute approximate surface area is 149 Å². The Morgan fingerprint density at radius 3 is 2.88 bits per heavy atom. The molecular weight excluding hydrogens is 349 g/mol. The van der Waals surface area contributed by atoms with Crippen LogP contribution in [0.3, 0.4) is 0 Å². The number of carbonyl (C=O) groups is 1. The van der Waals surface area contributed by atoms with E-state index in [1.54, 1.807) is 24.4 Å². The van der Waals surface area contributed by atoms with Gasteiger partial charge in [-0.25, -0.2) is 4.79 Å². The first-order valence-corrected chi connectivity index (χ1v) is 8.54. The SMILES string of the molecule is O=C(Nc1ccc(Cl)c(Cl)c1)N1[C@@H]2CC[C@H]1c1c[n+]([O-])ccc1C2. The molecule has 1 fully saturated rings. The summed E-state index contributed by atoms with van der Waals surface area (Å²) in [4.78, 5) is 14.6. The highest BCUT2D eigenvalue weighted by Crippen LogP contribution is 2.43. The van der Waals surface area contributed by atoms with Gasteiger partial charge in [-0.15, -0.1) is 0 Å². The van der Waals surface area contributed by atoms with E-state index in [-0.39, 0.29) is 18.1 Å². The number of aromatic nitrogens is 1. The van der Waals surface area contributed by atoms with E-state index in [0.717, 1.165) is 35.1 Å². The summed E-state index contributed by atoms with van der Waals surface area (Å²) in [5, 5.41) is 15.4. The van der Waals surface area contributed by atoms with E-state index in [0.29, 0.717) is 15.7 Å². The zero-order chi connectivity index (χ0) is 16.8. The maximum absolute atomic E-state index is 12.8. The lowest BCUT2D eigenvalue weighted by molar-refractivity contribution is -0.606. The summed E-state index contributed by atoms with van der Waals surface area (Å²) in [5.41, 5.74) is 2.71. The largest absolute Gasteiger partial charge is 0.619 e. The van der Waals surface area contributed by atoms with E-state index in [4.69, 9.17) is 23.2 Å². The molecule has 2 bridgehead atoms. The van der Waals surface area contributed by atoms with Gasteiger partial charge in [0.2, 0.25) is 0 Å². The van der Waals surface area contributed by atoms with Gasteiger partial charge in [0.05, 0.1) is 16.1 Å². The summed E-state index contributed by atoms with van der Waals surface area (Å²) in [6.45, 7) is 0. The molecule has 1 aromatic heterocycles. The van der Waals surface area contributed by atoms with Crippen LogP contribution >= 0.6 is 23.2 Å². The molecule has 2 amide bonds. The Morgan fingerprint density at radius 1 is 1.25 bits per heavy atom. The number of amides is 2.